The summed E-state index contributed by atoms with van der Waals surface area (Å²) in [6.07, 6.45) is 0. The maximum Gasteiger partial charge on any atom is 0.299 e. The summed E-state index contributed by atoms with van der Waals surface area (Å²) >= 11 is 1.12. The molecule has 1 aliphatic heterocycles. The molecule has 0 spiro atoms. The van der Waals surface area contributed by atoms with Crippen LogP contribution in [0.25, 0.3) is 0 Å². The highest BCUT2D eigenvalue weighted by Crippen LogP contribution is 2.13. The van der Waals surface area contributed by atoms with E-state index in [0.717, 1.165) is 11.8 Å². The Balaban J connectivity index is 2.27. The number of hydrogen-bond donors (Lipinski definition) is 1. The molecule has 1 amide bonds. The molecule has 0 saturated heterocycles. The number of carbonyl (C=O) groups is 1. The van der Waals surface area contributed by atoms with Crippen molar-refractivity contribution in [3.63, 3.8) is 0 Å². The second kappa shape index (κ2) is 3.79. The van der Waals surface area contributed by atoms with E-state index in [1.165, 1.54) is 12.1 Å². The first-order valence-electron chi connectivity index (χ1n) is 4.01. The van der Waals surface area contributed by atoms with Crippen molar-refractivity contribution in [1.82, 2.24) is 5.43 Å². The minimum Gasteiger partial charge on any atom is -0.260 e. The molecule has 1 N–H and O–H groups in total. The average molecular weight is 210 g/mol. The summed E-state index contributed by atoms with van der Waals surface area (Å²) in [6, 6.07) is 6.16. The molecular weight excluding hydrogens is 203 g/mol. The van der Waals surface area contributed by atoms with E-state index in [0.29, 0.717) is 17.0 Å². The number of amides is 1. The van der Waals surface area contributed by atoms with E-state index in [9.17, 15) is 9.18 Å². The van der Waals surface area contributed by atoms with Crippen molar-refractivity contribution in [2.45, 2.75) is 0 Å². The zero-order valence-corrected chi connectivity index (χ0v) is 7.97. The molecule has 3 nitrogen and oxygen atoms in total. The SMILES string of the molecule is O=C1NN=C(c2cccc(F)c2)CS1. The first-order valence-corrected chi connectivity index (χ1v) is 4.99. The highest BCUT2D eigenvalue weighted by molar-refractivity contribution is 8.14. The fourth-order valence-electron chi connectivity index (χ4n) is 1.13. The standard InChI is InChI=1S/C9H7FN2OS/c10-7-3-1-2-6(4-7)8-5-14-9(13)12-11-8/h1-4H,5H2,(H,12,13). The van der Waals surface area contributed by atoms with Crippen molar-refractivity contribution in [2.75, 3.05) is 5.75 Å². The maximum atomic E-state index is 12.8. The van der Waals surface area contributed by atoms with E-state index < -0.39 is 0 Å². The average Bonchev–Trinajstić information content (AvgIpc) is 2.19. The summed E-state index contributed by atoms with van der Waals surface area (Å²) in [5.74, 6) is 0.182. The summed E-state index contributed by atoms with van der Waals surface area (Å²) in [5.41, 5.74) is 3.73. The Morgan fingerprint density at radius 1 is 1.50 bits per heavy atom. The molecule has 0 aromatic heterocycles. The molecule has 0 radical (unpaired) electrons. The zero-order chi connectivity index (χ0) is 9.97. The third kappa shape index (κ3) is 1.93. The maximum absolute atomic E-state index is 12.8. The number of carbonyl (C=O) groups excluding carboxylic acids is 1. The normalized spacial score (nSPS) is 16.1. The van der Waals surface area contributed by atoms with Crippen LogP contribution in [0.3, 0.4) is 0 Å². The van der Waals surface area contributed by atoms with Crippen molar-refractivity contribution in [3.8, 4) is 0 Å². The van der Waals surface area contributed by atoms with Gasteiger partial charge in [-0.3, -0.25) is 4.79 Å². The molecule has 5 heteroatoms. The van der Waals surface area contributed by atoms with Crippen LogP contribution in [0.1, 0.15) is 5.56 Å². The number of hydrazone groups is 1. The fourth-order valence-corrected chi connectivity index (χ4v) is 1.74. The Labute approximate surface area is 84.4 Å². The van der Waals surface area contributed by atoms with E-state index in [4.69, 9.17) is 0 Å². The van der Waals surface area contributed by atoms with Crippen LogP contribution in [-0.4, -0.2) is 16.7 Å². The smallest absolute Gasteiger partial charge is 0.260 e. The van der Waals surface area contributed by atoms with Gasteiger partial charge < -0.3 is 0 Å². The lowest BCUT2D eigenvalue weighted by Gasteiger charge is -2.11. The predicted octanol–water partition coefficient (Wildman–Crippen LogP) is 1.99. The third-order valence-electron chi connectivity index (χ3n) is 1.78. The van der Waals surface area contributed by atoms with Crippen LogP contribution in [0.5, 0.6) is 0 Å². The second-order valence-electron chi connectivity index (χ2n) is 2.76. The number of nitrogens with zero attached hydrogens (tertiary/aromatic N) is 1. The Bertz CT molecular complexity index is 406. The first kappa shape index (κ1) is 9.21. The van der Waals surface area contributed by atoms with Gasteiger partial charge in [0.2, 0.25) is 0 Å². The molecule has 2 rings (SSSR count). The molecule has 1 heterocycles. The van der Waals surface area contributed by atoms with Crippen molar-refractivity contribution in [2.24, 2.45) is 5.10 Å². The lowest BCUT2D eigenvalue weighted by molar-refractivity contribution is 0.261. The van der Waals surface area contributed by atoms with Crippen molar-refractivity contribution >= 4 is 22.7 Å². The van der Waals surface area contributed by atoms with Gasteiger partial charge in [0.1, 0.15) is 5.82 Å². The lowest BCUT2D eigenvalue weighted by Crippen LogP contribution is -2.23. The molecule has 0 fully saturated rings. The van der Waals surface area contributed by atoms with Crippen molar-refractivity contribution in [3.05, 3.63) is 35.6 Å². The van der Waals surface area contributed by atoms with E-state index in [1.807, 2.05) is 0 Å². The molecule has 0 bridgehead atoms. The molecule has 0 saturated carbocycles. The number of thioether (sulfide) groups is 1. The molecular formula is C9H7FN2OS. The molecule has 14 heavy (non-hydrogen) atoms. The van der Waals surface area contributed by atoms with Gasteiger partial charge in [0, 0.05) is 11.3 Å². The second-order valence-corrected chi connectivity index (χ2v) is 3.70. The van der Waals surface area contributed by atoms with Crippen LogP contribution in [0, 0.1) is 5.82 Å². The zero-order valence-electron chi connectivity index (χ0n) is 7.16. The lowest BCUT2D eigenvalue weighted by atomic mass is 10.1. The highest BCUT2D eigenvalue weighted by atomic mass is 32.2. The van der Waals surface area contributed by atoms with E-state index in [1.54, 1.807) is 12.1 Å². The van der Waals surface area contributed by atoms with Gasteiger partial charge in [-0.1, -0.05) is 23.9 Å². The number of hydrogen-bond acceptors (Lipinski definition) is 3. The number of rotatable bonds is 1. The topological polar surface area (TPSA) is 41.5 Å². The van der Waals surface area contributed by atoms with Crippen LogP contribution < -0.4 is 5.43 Å². The van der Waals surface area contributed by atoms with Crippen molar-refractivity contribution in [1.29, 1.82) is 0 Å². The van der Waals surface area contributed by atoms with Gasteiger partial charge in [0.25, 0.3) is 5.24 Å². The number of benzene rings is 1. The van der Waals surface area contributed by atoms with E-state index in [-0.39, 0.29) is 11.1 Å². The van der Waals surface area contributed by atoms with Crippen LogP contribution in [-0.2, 0) is 0 Å². The minimum atomic E-state index is -0.299. The van der Waals surface area contributed by atoms with Gasteiger partial charge in [-0.15, -0.1) is 0 Å². The van der Waals surface area contributed by atoms with Gasteiger partial charge in [0.15, 0.2) is 0 Å². The van der Waals surface area contributed by atoms with E-state index >= 15 is 0 Å². The largest absolute Gasteiger partial charge is 0.299 e. The molecule has 1 aliphatic rings. The van der Waals surface area contributed by atoms with Gasteiger partial charge in [-0.05, 0) is 12.1 Å². The molecule has 0 atom stereocenters. The summed E-state index contributed by atoms with van der Waals surface area (Å²) in [4.78, 5) is 10.8. The van der Waals surface area contributed by atoms with Crippen LogP contribution in [0.2, 0.25) is 0 Å². The van der Waals surface area contributed by atoms with Crippen LogP contribution >= 0.6 is 11.8 Å². The first-order chi connectivity index (χ1) is 6.75. The molecule has 0 unspecified atom stereocenters. The molecule has 72 valence electrons. The monoisotopic (exact) mass is 210 g/mol. The minimum absolute atomic E-state index is 0.176. The molecule has 0 aliphatic carbocycles. The number of nitrogens with one attached hydrogen (secondary N) is 1. The fraction of sp³-hybridized carbons (Fsp3) is 0.111. The quantitative estimate of drug-likeness (QED) is 0.770. The Morgan fingerprint density at radius 2 is 2.36 bits per heavy atom. The third-order valence-corrected chi connectivity index (χ3v) is 2.55. The van der Waals surface area contributed by atoms with Gasteiger partial charge in [0.05, 0.1) is 5.71 Å². The summed E-state index contributed by atoms with van der Waals surface area (Å²) in [5, 5.41) is 3.68. The summed E-state index contributed by atoms with van der Waals surface area (Å²) in [7, 11) is 0. The summed E-state index contributed by atoms with van der Waals surface area (Å²) in [6.45, 7) is 0. The Kier molecular flexibility index (Phi) is 2.49. The van der Waals surface area contributed by atoms with Gasteiger partial charge >= 0.3 is 0 Å². The predicted molar refractivity (Wildman–Crippen MR) is 53.9 cm³/mol. The van der Waals surface area contributed by atoms with E-state index in [2.05, 4.69) is 10.5 Å². The highest BCUT2D eigenvalue weighted by Gasteiger charge is 2.13. The van der Waals surface area contributed by atoms with Gasteiger partial charge in [-0.25, -0.2) is 9.82 Å². The van der Waals surface area contributed by atoms with Crippen LogP contribution in [0.4, 0.5) is 9.18 Å². The Morgan fingerprint density at radius 3 is 3.00 bits per heavy atom. The molecule has 1 aromatic rings. The Hall–Kier alpha value is -1.36. The molecule has 1 aromatic carbocycles. The van der Waals surface area contributed by atoms with Gasteiger partial charge in [-0.2, -0.15) is 5.10 Å². The van der Waals surface area contributed by atoms with Crippen LogP contribution in [0.15, 0.2) is 29.4 Å². The number of halogens is 1. The summed E-state index contributed by atoms with van der Waals surface area (Å²) < 4.78 is 12.8. The van der Waals surface area contributed by atoms with Crippen molar-refractivity contribution < 1.29 is 9.18 Å².